The van der Waals surface area contributed by atoms with Gasteiger partial charge in [-0.2, -0.15) is 0 Å². The van der Waals surface area contributed by atoms with Gasteiger partial charge in [-0.15, -0.1) is 0 Å². The largest absolute Gasteiger partial charge is 0.337 e. The predicted molar refractivity (Wildman–Crippen MR) is 81.1 cm³/mol. The minimum atomic E-state index is 0.119. The highest BCUT2D eigenvalue weighted by Gasteiger charge is 2.29. The molecule has 2 fully saturated rings. The molecule has 3 rings (SSSR count). The second-order valence-corrected chi connectivity index (χ2v) is 6.39. The Kier molecular flexibility index (Phi) is 4.27. The van der Waals surface area contributed by atoms with Crippen molar-refractivity contribution in [3.63, 3.8) is 0 Å². The number of carbonyl (C=O) groups excluding carboxylic acids is 1. The molecule has 1 atom stereocenters. The Bertz CT molecular complexity index is 481. The number of benzene rings is 1. The summed E-state index contributed by atoms with van der Waals surface area (Å²) in [5.41, 5.74) is 0.705. The summed E-state index contributed by atoms with van der Waals surface area (Å²) in [6, 6.07) is 7.74. The Morgan fingerprint density at radius 1 is 1.30 bits per heavy atom. The molecular formula is C16H21ClN2O. The first-order valence-electron chi connectivity index (χ1n) is 7.50. The smallest absolute Gasteiger partial charge is 0.253 e. The van der Waals surface area contributed by atoms with E-state index >= 15 is 0 Å². The van der Waals surface area contributed by atoms with Gasteiger partial charge in [0, 0.05) is 29.7 Å². The van der Waals surface area contributed by atoms with Crippen LogP contribution in [0.2, 0.25) is 5.02 Å². The van der Waals surface area contributed by atoms with Gasteiger partial charge >= 0.3 is 0 Å². The highest BCUT2D eigenvalue weighted by atomic mass is 35.5. The zero-order valence-corrected chi connectivity index (χ0v) is 12.4. The SMILES string of the molecule is O=C(c1cccc(Cl)c1)N(CC1CC1)CC1CCCN1. The lowest BCUT2D eigenvalue weighted by molar-refractivity contribution is 0.0733. The van der Waals surface area contributed by atoms with E-state index in [-0.39, 0.29) is 5.91 Å². The lowest BCUT2D eigenvalue weighted by atomic mass is 10.1. The van der Waals surface area contributed by atoms with Crippen molar-refractivity contribution in [2.24, 2.45) is 5.92 Å². The van der Waals surface area contributed by atoms with Crippen molar-refractivity contribution >= 4 is 17.5 Å². The van der Waals surface area contributed by atoms with Gasteiger partial charge in [0.25, 0.3) is 5.91 Å². The Morgan fingerprint density at radius 2 is 2.15 bits per heavy atom. The van der Waals surface area contributed by atoms with Crippen LogP contribution in [-0.2, 0) is 0 Å². The van der Waals surface area contributed by atoms with Gasteiger partial charge in [0.05, 0.1) is 0 Å². The lowest BCUT2D eigenvalue weighted by Gasteiger charge is -2.26. The standard InChI is InChI=1S/C16H21ClN2O/c17-14-4-1-3-13(9-14)16(20)19(10-12-6-7-12)11-15-5-2-8-18-15/h1,3-4,9,12,15,18H,2,5-8,10-11H2. The van der Waals surface area contributed by atoms with Crippen LogP contribution in [0.3, 0.4) is 0 Å². The van der Waals surface area contributed by atoms with Crippen molar-refractivity contribution in [3.05, 3.63) is 34.9 Å². The molecule has 1 saturated heterocycles. The second-order valence-electron chi connectivity index (χ2n) is 5.96. The predicted octanol–water partition coefficient (Wildman–Crippen LogP) is 2.94. The molecule has 0 aromatic heterocycles. The maximum atomic E-state index is 12.7. The molecule has 3 nitrogen and oxygen atoms in total. The molecule has 1 heterocycles. The van der Waals surface area contributed by atoms with E-state index < -0.39 is 0 Å². The minimum Gasteiger partial charge on any atom is -0.337 e. The van der Waals surface area contributed by atoms with Gasteiger partial charge in [0.1, 0.15) is 0 Å². The highest BCUT2D eigenvalue weighted by molar-refractivity contribution is 6.30. The number of amides is 1. The van der Waals surface area contributed by atoms with Crippen LogP contribution < -0.4 is 5.32 Å². The first-order chi connectivity index (χ1) is 9.72. The van der Waals surface area contributed by atoms with Crippen molar-refractivity contribution in [2.45, 2.75) is 31.7 Å². The zero-order chi connectivity index (χ0) is 13.9. The lowest BCUT2D eigenvalue weighted by Crippen LogP contribution is -2.42. The van der Waals surface area contributed by atoms with E-state index in [0.29, 0.717) is 22.5 Å². The third-order valence-corrected chi connectivity index (χ3v) is 4.37. The molecule has 108 valence electrons. The fourth-order valence-electron chi connectivity index (χ4n) is 2.84. The van der Waals surface area contributed by atoms with Crippen LogP contribution in [-0.4, -0.2) is 36.5 Å². The Balaban J connectivity index is 1.71. The fourth-order valence-corrected chi connectivity index (χ4v) is 3.03. The minimum absolute atomic E-state index is 0.119. The van der Waals surface area contributed by atoms with Gasteiger partial charge in [-0.3, -0.25) is 4.79 Å². The fraction of sp³-hybridized carbons (Fsp3) is 0.562. The summed E-state index contributed by atoms with van der Waals surface area (Å²) >= 11 is 6.00. The Hall–Kier alpha value is -1.06. The van der Waals surface area contributed by atoms with Crippen molar-refractivity contribution < 1.29 is 4.79 Å². The molecule has 1 unspecified atom stereocenters. The summed E-state index contributed by atoms with van der Waals surface area (Å²) in [4.78, 5) is 14.7. The van der Waals surface area contributed by atoms with E-state index in [9.17, 15) is 4.79 Å². The van der Waals surface area contributed by atoms with E-state index in [1.165, 1.54) is 25.7 Å². The van der Waals surface area contributed by atoms with Crippen molar-refractivity contribution in [1.82, 2.24) is 10.2 Å². The summed E-state index contributed by atoms with van der Waals surface area (Å²) in [6.45, 7) is 2.79. The molecule has 1 saturated carbocycles. The third-order valence-electron chi connectivity index (χ3n) is 4.14. The van der Waals surface area contributed by atoms with Crippen LogP contribution in [0.15, 0.2) is 24.3 Å². The number of rotatable bonds is 5. The molecule has 0 radical (unpaired) electrons. The molecule has 4 heteroatoms. The first-order valence-corrected chi connectivity index (χ1v) is 7.88. The Labute approximate surface area is 125 Å². The molecule has 1 aromatic carbocycles. The summed E-state index contributed by atoms with van der Waals surface area (Å²) in [5.74, 6) is 0.827. The molecule has 1 amide bonds. The molecular weight excluding hydrogens is 272 g/mol. The van der Waals surface area contributed by atoms with Crippen LogP contribution in [0.1, 0.15) is 36.0 Å². The number of hydrogen-bond acceptors (Lipinski definition) is 2. The van der Waals surface area contributed by atoms with Gasteiger partial charge in [0.2, 0.25) is 0 Å². The number of nitrogens with zero attached hydrogens (tertiary/aromatic N) is 1. The quantitative estimate of drug-likeness (QED) is 0.905. The van der Waals surface area contributed by atoms with Crippen LogP contribution in [0, 0.1) is 5.92 Å². The molecule has 2 aliphatic rings. The van der Waals surface area contributed by atoms with Crippen LogP contribution in [0.5, 0.6) is 0 Å². The van der Waals surface area contributed by atoms with E-state index in [1.54, 1.807) is 6.07 Å². The van der Waals surface area contributed by atoms with Crippen molar-refractivity contribution in [1.29, 1.82) is 0 Å². The maximum Gasteiger partial charge on any atom is 0.253 e. The molecule has 1 aliphatic carbocycles. The summed E-state index contributed by atoms with van der Waals surface area (Å²) in [6.07, 6.45) is 4.91. The highest BCUT2D eigenvalue weighted by Crippen LogP contribution is 2.30. The average Bonchev–Trinajstić information content (AvgIpc) is 3.11. The van der Waals surface area contributed by atoms with E-state index in [1.807, 2.05) is 23.1 Å². The molecule has 0 spiro atoms. The summed E-state index contributed by atoms with van der Waals surface area (Å²) < 4.78 is 0. The van der Waals surface area contributed by atoms with Crippen molar-refractivity contribution in [3.8, 4) is 0 Å². The zero-order valence-electron chi connectivity index (χ0n) is 11.6. The number of carbonyl (C=O) groups is 1. The second kappa shape index (κ2) is 6.15. The molecule has 0 bridgehead atoms. The van der Waals surface area contributed by atoms with Crippen LogP contribution >= 0.6 is 11.6 Å². The Morgan fingerprint density at radius 3 is 2.80 bits per heavy atom. The molecule has 1 aliphatic heterocycles. The molecule has 1 aromatic rings. The van der Waals surface area contributed by atoms with Gasteiger partial charge < -0.3 is 10.2 Å². The van der Waals surface area contributed by atoms with Crippen molar-refractivity contribution in [2.75, 3.05) is 19.6 Å². The third kappa shape index (κ3) is 3.53. The molecule has 20 heavy (non-hydrogen) atoms. The van der Waals surface area contributed by atoms with E-state index in [0.717, 1.165) is 19.6 Å². The molecule has 1 N–H and O–H groups in total. The van der Waals surface area contributed by atoms with Gasteiger partial charge in [-0.25, -0.2) is 0 Å². The maximum absolute atomic E-state index is 12.7. The van der Waals surface area contributed by atoms with Gasteiger partial charge in [-0.05, 0) is 56.3 Å². The number of nitrogens with one attached hydrogen (secondary N) is 1. The van der Waals surface area contributed by atoms with Crippen LogP contribution in [0.25, 0.3) is 0 Å². The first kappa shape index (κ1) is 13.9. The van der Waals surface area contributed by atoms with Gasteiger partial charge in [0.15, 0.2) is 0 Å². The monoisotopic (exact) mass is 292 g/mol. The van der Waals surface area contributed by atoms with E-state index in [4.69, 9.17) is 11.6 Å². The van der Waals surface area contributed by atoms with Gasteiger partial charge in [-0.1, -0.05) is 17.7 Å². The van der Waals surface area contributed by atoms with Crippen LogP contribution in [0.4, 0.5) is 0 Å². The summed E-state index contributed by atoms with van der Waals surface area (Å²) in [7, 11) is 0. The number of hydrogen-bond donors (Lipinski definition) is 1. The summed E-state index contributed by atoms with van der Waals surface area (Å²) in [5, 5.41) is 4.10. The average molecular weight is 293 g/mol. The normalized spacial score (nSPS) is 21.9. The number of halogens is 1. The topological polar surface area (TPSA) is 32.3 Å². The van der Waals surface area contributed by atoms with E-state index in [2.05, 4.69) is 5.32 Å².